The molecule has 0 spiro atoms. The van der Waals surface area contributed by atoms with Gasteiger partial charge in [-0.15, -0.1) is 0 Å². The summed E-state index contributed by atoms with van der Waals surface area (Å²) in [7, 11) is 3.20. The lowest BCUT2D eigenvalue weighted by Crippen LogP contribution is -2.40. The van der Waals surface area contributed by atoms with Gasteiger partial charge in [-0.25, -0.2) is 4.79 Å². The van der Waals surface area contributed by atoms with E-state index in [1.54, 1.807) is 40.3 Å². The molecule has 1 saturated carbocycles. The minimum absolute atomic E-state index is 0.0798. The summed E-state index contributed by atoms with van der Waals surface area (Å²) < 4.78 is 15.7. The lowest BCUT2D eigenvalue weighted by atomic mass is 9.89. The van der Waals surface area contributed by atoms with Crippen molar-refractivity contribution in [2.24, 2.45) is 11.8 Å². The highest BCUT2D eigenvalue weighted by atomic mass is 33.1. The molecule has 1 radical (unpaired) electrons. The number of esters is 1. The van der Waals surface area contributed by atoms with Crippen LogP contribution in [0, 0.1) is 11.8 Å². The van der Waals surface area contributed by atoms with E-state index in [2.05, 4.69) is 5.32 Å². The van der Waals surface area contributed by atoms with Crippen molar-refractivity contribution in [1.82, 2.24) is 11.1 Å². The van der Waals surface area contributed by atoms with Crippen LogP contribution >= 0.6 is 33.3 Å². The Morgan fingerprint density at radius 1 is 1.05 bits per heavy atom. The van der Waals surface area contributed by atoms with Gasteiger partial charge in [0.25, 0.3) is 6.29 Å². The number of thioether (sulfide) groups is 1. The summed E-state index contributed by atoms with van der Waals surface area (Å²) in [4.78, 5) is 37.6. The topological polar surface area (TPSA) is 115 Å². The first-order chi connectivity index (χ1) is 18.4. The number of carbonyl (C=O) groups is 3. The quantitative estimate of drug-likeness (QED) is 0.111. The molecule has 11 heteroatoms. The Kier molecular flexibility index (Phi) is 16.7. The summed E-state index contributed by atoms with van der Waals surface area (Å²) in [6.07, 6.45) is 6.23. The van der Waals surface area contributed by atoms with Gasteiger partial charge in [-0.3, -0.25) is 15.3 Å². The Morgan fingerprint density at radius 2 is 1.76 bits per heavy atom. The molecule has 1 aliphatic carbocycles. The SMILES string of the molecule is CCOC(=O)OC(OC(=O)CNC(=O)C(CSSCC([NH])CCSC)Cc1ccccc1)C1CCCCC1. The van der Waals surface area contributed by atoms with E-state index in [-0.39, 0.29) is 36.9 Å². The predicted octanol–water partition coefficient (Wildman–Crippen LogP) is 5.37. The van der Waals surface area contributed by atoms with Gasteiger partial charge in [-0.05, 0) is 50.2 Å². The first kappa shape index (κ1) is 32.7. The van der Waals surface area contributed by atoms with Crippen molar-refractivity contribution in [3.63, 3.8) is 0 Å². The fourth-order valence-corrected chi connectivity index (χ4v) is 7.11. The molecule has 1 aromatic carbocycles. The molecule has 1 amide bonds. The van der Waals surface area contributed by atoms with E-state index >= 15 is 0 Å². The summed E-state index contributed by atoms with van der Waals surface area (Å²) in [5.74, 6) is 0.939. The summed E-state index contributed by atoms with van der Waals surface area (Å²) in [6, 6.07) is 9.66. The van der Waals surface area contributed by atoms with Crippen LogP contribution in [0.5, 0.6) is 0 Å². The van der Waals surface area contributed by atoms with Gasteiger partial charge in [0.15, 0.2) is 0 Å². The standard InChI is InChI=1S/C27H41N2O6S3/c1-3-33-27(32)35-26(21-12-8-5-9-13-21)34-24(30)17-29-25(31)22(16-20-10-6-4-7-11-20)18-37-38-19-23(28)14-15-36-2/h4,6-7,10-11,21-23,26,28H,3,5,8-9,12-19H2,1-2H3,(H,29,31). The van der Waals surface area contributed by atoms with Crippen LogP contribution in [0.4, 0.5) is 4.79 Å². The van der Waals surface area contributed by atoms with Crippen LogP contribution in [0.1, 0.15) is 51.0 Å². The number of carbonyl (C=O) groups excluding carboxylic acids is 3. The van der Waals surface area contributed by atoms with Gasteiger partial charge in [-0.1, -0.05) is 71.2 Å². The molecule has 0 aromatic heterocycles. The number of amides is 1. The highest BCUT2D eigenvalue weighted by Gasteiger charge is 2.31. The monoisotopic (exact) mass is 585 g/mol. The van der Waals surface area contributed by atoms with Gasteiger partial charge < -0.3 is 19.5 Å². The molecular weight excluding hydrogens is 545 g/mol. The maximum atomic E-state index is 13.1. The zero-order chi connectivity index (χ0) is 27.6. The summed E-state index contributed by atoms with van der Waals surface area (Å²) >= 11 is 1.75. The van der Waals surface area contributed by atoms with Crippen LogP contribution in [0.3, 0.4) is 0 Å². The third-order valence-corrected chi connectivity index (χ3v) is 9.36. The molecule has 0 bridgehead atoms. The number of rotatable bonds is 17. The average molecular weight is 586 g/mol. The van der Waals surface area contributed by atoms with Crippen molar-refractivity contribution < 1.29 is 28.6 Å². The Labute approximate surface area is 239 Å². The van der Waals surface area contributed by atoms with E-state index in [0.29, 0.717) is 17.9 Å². The molecule has 38 heavy (non-hydrogen) atoms. The van der Waals surface area contributed by atoms with Crippen LogP contribution in [0.25, 0.3) is 0 Å². The molecule has 8 nitrogen and oxygen atoms in total. The molecule has 1 aromatic rings. The van der Waals surface area contributed by atoms with E-state index < -0.39 is 18.4 Å². The number of ether oxygens (including phenoxy) is 3. The molecular formula is C27H41N2O6S3. The van der Waals surface area contributed by atoms with Crippen LogP contribution in [-0.4, -0.2) is 67.0 Å². The summed E-state index contributed by atoms with van der Waals surface area (Å²) in [5, 5.41) is 2.72. The fourth-order valence-electron chi connectivity index (χ4n) is 4.07. The molecule has 0 aliphatic heterocycles. The second kappa shape index (κ2) is 19.5. The molecule has 0 saturated heterocycles. The van der Waals surface area contributed by atoms with Gasteiger partial charge in [0.05, 0.1) is 12.5 Å². The molecule has 213 valence electrons. The Morgan fingerprint density at radius 3 is 2.45 bits per heavy atom. The number of benzene rings is 1. The molecule has 1 aliphatic rings. The predicted molar refractivity (Wildman–Crippen MR) is 156 cm³/mol. The van der Waals surface area contributed by atoms with E-state index in [1.165, 1.54) is 0 Å². The summed E-state index contributed by atoms with van der Waals surface area (Å²) in [6.45, 7) is 1.54. The van der Waals surface area contributed by atoms with Crippen LogP contribution in [0.15, 0.2) is 30.3 Å². The van der Waals surface area contributed by atoms with Crippen molar-refractivity contribution in [3.8, 4) is 0 Å². The number of hydrogen-bond acceptors (Lipinski definition) is 9. The first-order valence-electron chi connectivity index (χ1n) is 13.2. The Bertz CT molecular complexity index is 826. The molecule has 3 atom stereocenters. The molecule has 1 fully saturated rings. The smallest absolute Gasteiger partial charge is 0.435 e. The minimum atomic E-state index is -1.02. The Hall–Kier alpha value is -1.56. The molecule has 2 rings (SSSR count). The second-order valence-electron chi connectivity index (χ2n) is 9.21. The van der Waals surface area contributed by atoms with Gasteiger partial charge in [0, 0.05) is 23.5 Å². The van der Waals surface area contributed by atoms with Crippen molar-refractivity contribution >= 4 is 51.4 Å². The highest BCUT2D eigenvalue weighted by Crippen LogP contribution is 2.29. The van der Waals surface area contributed by atoms with Gasteiger partial charge in [0.2, 0.25) is 5.91 Å². The van der Waals surface area contributed by atoms with Gasteiger partial charge in [0.1, 0.15) is 6.54 Å². The Balaban J connectivity index is 1.90. The average Bonchev–Trinajstić information content (AvgIpc) is 2.93. The third-order valence-electron chi connectivity index (χ3n) is 6.15. The van der Waals surface area contributed by atoms with Crippen molar-refractivity contribution in [1.29, 1.82) is 0 Å². The van der Waals surface area contributed by atoms with E-state index in [4.69, 9.17) is 19.9 Å². The van der Waals surface area contributed by atoms with Crippen molar-refractivity contribution in [3.05, 3.63) is 35.9 Å². The molecule has 3 unspecified atom stereocenters. The minimum Gasteiger partial charge on any atom is -0.435 e. The number of hydrogen-bond donors (Lipinski definition) is 1. The van der Waals surface area contributed by atoms with Gasteiger partial charge >= 0.3 is 12.1 Å². The fraction of sp³-hybridized carbons (Fsp3) is 0.667. The molecule has 2 N–H and O–H groups in total. The summed E-state index contributed by atoms with van der Waals surface area (Å²) in [5.41, 5.74) is 9.16. The van der Waals surface area contributed by atoms with Gasteiger partial charge in [-0.2, -0.15) is 11.8 Å². The van der Waals surface area contributed by atoms with E-state index in [9.17, 15) is 14.4 Å². The third kappa shape index (κ3) is 13.5. The van der Waals surface area contributed by atoms with Crippen LogP contribution in [0.2, 0.25) is 0 Å². The van der Waals surface area contributed by atoms with Crippen molar-refractivity contribution in [2.45, 2.75) is 64.2 Å². The number of nitrogens with one attached hydrogen (secondary N) is 2. The molecule has 0 heterocycles. The van der Waals surface area contributed by atoms with Crippen molar-refractivity contribution in [2.75, 3.05) is 36.7 Å². The lowest BCUT2D eigenvalue weighted by molar-refractivity contribution is -0.183. The second-order valence-corrected chi connectivity index (χ2v) is 12.7. The normalized spacial score (nSPS) is 16.2. The van der Waals surface area contributed by atoms with E-state index in [0.717, 1.165) is 49.8 Å². The zero-order valence-electron chi connectivity index (χ0n) is 22.4. The zero-order valence-corrected chi connectivity index (χ0v) is 24.8. The first-order valence-corrected chi connectivity index (χ1v) is 17.1. The van der Waals surface area contributed by atoms with Crippen LogP contribution in [-0.2, 0) is 30.2 Å². The maximum Gasteiger partial charge on any atom is 0.511 e. The maximum absolute atomic E-state index is 13.1. The lowest BCUT2D eigenvalue weighted by Gasteiger charge is -2.29. The van der Waals surface area contributed by atoms with Crippen LogP contribution < -0.4 is 11.1 Å². The highest BCUT2D eigenvalue weighted by molar-refractivity contribution is 8.76. The largest absolute Gasteiger partial charge is 0.511 e. The van der Waals surface area contributed by atoms with E-state index in [1.807, 2.05) is 36.6 Å².